The van der Waals surface area contributed by atoms with Crippen molar-refractivity contribution in [3.63, 3.8) is 0 Å². The van der Waals surface area contributed by atoms with Crippen molar-refractivity contribution in [2.24, 2.45) is 0 Å². The van der Waals surface area contributed by atoms with Gasteiger partial charge in [0, 0.05) is 0 Å². The first kappa shape index (κ1) is 11.7. The van der Waals surface area contributed by atoms with E-state index in [1.54, 1.807) is 0 Å². The summed E-state index contributed by atoms with van der Waals surface area (Å²) in [6.07, 6.45) is 0.782. The zero-order chi connectivity index (χ0) is 12.1. The van der Waals surface area contributed by atoms with Crippen LogP contribution in [-0.2, 0) is 6.42 Å². The van der Waals surface area contributed by atoms with Gasteiger partial charge >= 0.3 is 0 Å². The highest BCUT2D eigenvalue weighted by Crippen LogP contribution is 2.25. The van der Waals surface area contributed by atoms with Gasteiger partial charge in [0.1, 0.15) is 0 Å². The molecule has 84 valence electrons. The Labute approximate surface area is 106 Å². The maximum atomic E-state index is 6.89. The molecular formula is C15H12ClN. The highest BCUT2D eigenvalue weighted by Gasteiger charge is 2.08. The fraction of sp³-hybridized carbons (Fsp3) is 0.133. The molecule has 1 unspecified atom stereocenters. The molecule has 0 aromatic heterocycles. The normalized spacial score (nSPS) is 11.8. The summed E-state index contributed by atoms with van der Waals surface area (Å²) in [7, 11) is 0. The standard InChI is InChI=1S/C15H12ClN/c1-17-14-9-7-12(8-10-14)11-15(16)13-5-3-2-4-6-13/h2-10,15H,11H2. The molecule has 0 radical (unpaired) electrons. The van der Waals surface area contributed by atoms with Crippen molar-refractivity contribution >= 4 is 17.3 Å². The maximum absolute atomic E-state index is 6.89. The van der Waals surface area contributed by atoms with Crippen molar-refractivity contribution in [3.05, 3.63) is 77.1 Å². The molecule has 0 saturated heterocycles. The van der Waals surface area contributed by atoms with Gasteiger partial charge in [-0.3, -0.25) is 0 Å². The van der Waals surface area contributed by atoms with Crippen LogP contribution in [0.1, 0.15) is 16.5 Å². The van der Waals surface area contributed by atoms with Gasteiger partial charge in [-0.15, -0.1) is 11.6 Å². The highest BCUT2D eigenvalue weighted by molar-refractivity contribution is 6.20. The van der Waals surface area contributed by atoms with E-state index in [9.17, 15) is 0 Å². The molecule has 2 rings (SSSR count). The summed E-state index contributed by atoms with van der Waals surface area (Å²) in [6, 6.07) is 17.6. The third-order valence-corrected chi connectivity index (χ3v) is 3.05. The topological polar surface area (TPSA) is 4.36 Å². The third-order valence-electron chi connectivity index (χ3n) is 2.64. The van der Waals surface area contributed by atoms with Crippen molar-refractivity contribution in [1.29, 1.82) is 0 Å². The molecular weight excluding hydrogens is 230 g/mol. The Hall–Kier alpha value is -1.78. The molecule has 2 aromatic rings. The zero-order valence-corrected chi connectivity index (χ0v) is 10.1. The SMILES string of the molecule is [C-]#[N+]c1ccc(CC(Cl)c2ccccc2)cc1. The van der Waals surface area contributed by atoms with Crippen molar-refractivity contribution < 1.29 is 0 Å². The largest absolute Gasteiger partial charge is 0.238 e. The Morgan fingerprint density at radius 2 is 1.65 bits per heavy atom. The Kier molecular flexibility index (Phi) is 3.80. The molecule has 2 heteroatoms. The first-order chi connectivity index (χ1) is 8.29. The van der Waals surface area contributed by atoms with E-state index in [4.69, 9.17) is 18.2 Å². The van der Waals surface area contributed by atoms with E-state index in [-0.39, 0.29) is 5.38 Å². The molecule has 0 aliphatic rings. The Bertz CT molecular complexity index is 511. The summed E-state index contributed by atoms with van der Waals surface area (Å²) >= 11 is 6.35. The molecule has 0 spiro atoms. The fourth-order valence-electron chi connectivity index (χ4n) is 1.69. The summed E-state index contributed by atoms with van der Waals surface area (Å²) in [5, 5.41) is -0.0185. The molecule has 17 heavy (non-hydrogen) atoms. The maximum Gasteiger partial charge on any atom is 0.187 e. The first-order valence-corrected chi connectivity index (χ1v) is 5.88. The summed E-state index contributed by atoms with van der Waals surface area (Å²) in [4.78, 5) is 3.37. The molecule has 0 saturated carbocycles. The molecule has 0 amide bonds. The van der Waals surface area contributed by atoms with Crippen LogP contribution in [0.3, 0.4) is 0 Å². The van der Waals surface area contributed by atoms with Crippen LogP contribution in [0.25, 0.3) is 4.85 Å². The van der Waals surface area contributed by atoms with Crippen LogP contribution in [0, 0.1) is 6.57 Å². The molecule has 0 N–H and O–H groups in total. The number of alkyl halides is 1. The van der Waals surface area contributed by atoms with Crippen molar-refractivity contribution in [3.8, 4) is 0 Å². The van der Waals surface area contributed by atoms with E-state index in [2.05, 4.69) is 4.85 Å². The summed E-state index contributed by atoms with van der Waals surface area (Å²) in [5.41, 5.74) is 2.95. The molecule has 0 heterocycles. The van der Waals surface area contributed by atoms with Crippen LogP contribution in [0.4, 0.5) is 5.69 Å². The molecule has 0 aliphatic heterocycles. The van der Waals surface area contributed by atoms with Crippen molar-refractivity contribution in [2.75, 3.05) is 0 Å². The fourth-order valence-corrected chi connectivity index (χ4v) is 2.02. The van der Waals surface area contributed by atoms with Gasteiger partial charge in [-0.25, -0.2) is 4.85 Å². The van der Waals surface area contributed by atoms with Gasteiger partial charge in [-0.2, -0.15) is 0 Å². The second kappa shape index (κ2) is 5.52. The van der Waals surface area contributed by atoms with Gasteiger partial charge in [0.2, 0.25) is 0 Å². The zero-order valence-electron chi connectivity index (χ0n) is 9.31. The van der Waals surface area contributed by atoms with E-state index < -0.39 is 0 Å². The molecule has 1 atom stereocenters. The number of nitrogens with zero attached hydrogens (tertiary/aromatic N) is 1. The number of rotatable bonds is 3. The van der Waals surface area contributed by atoms with Crippen LogP contribution >= 0.6 is 11.6 Å². The monoisotopic (exact) mass is 241 g/mol. The van der Waals surface area contributed by atoms with E-state index in [0.29, 0.717) is 5.69 Å². The lowest BCUT2D eigenvalue weighted by Crippen LogP contribution is -1.95. The van der Waals surface area contributed by atoms with Gasteiger partial charge < -0.3 is 0 Å². The number of hydrogen-bond donors (Lipinski definition) is 0. The van der Waals surface area contributed by atoms with Gasteiger partial charge in [0.05, 0.1) is 11.9 Å². The number of hydrogen-bond acceptors (Lipinski definition) is 0. The number of benzene rings is 2. The van der Waals surface area contributed by atoms with Crippen molar-refractivity contribution in [2.45, 2.75) is 11.8 Å². The molecule has 0 aliphatic carbocycles. The predicted octanol–water partition coefficient (Wildman–Crippen LogP) is 4.76. The van der Waals surface area contributed by atoms with E-state index in [1.807, 2.05) is 54.6 Å². The Balaban J connectivity index is 2.08. The smallest absolute Gasteiger partial charge is 0.187 e. The van der Waals surface area contributed by atoms with Gasteiger partial charge in [0.25, 0.3) is 0 Å². The average Bonchev–Trinajstić information content (AvgIpc) is 2.40. The highest BCUT2D eigenvalue weighted by atomic mass is 35.5. The second-order valence-electron chi connectivity index (χ2n) is 3.86. The molecule has 1 nitrogen and oxygen atoms in total. The lowest BCUT2D eigenvalue weighted by atomic mass is 10.0. The predicted molar refractivity (Wildman–Crippen MR) is 71.4 cm³/mol. The minimum atomic E-state index is -0.0185. The Morgan fingerprint density at radius 3 is 2.24 bits per heavy atom. The minimum absolute atomic E-state index is 0.0185. The van der Waals surface area contributed by atoms with Crippen LogP contribution in [0.5, 0.6) is 0 Å². The van der Waals surface area contributed by atoms with Crippen LogP contribution in [0.15, 0.2) is 54.6 Å². The van der Waals surface area contributed by atoms with Crippen molar-refractivity contribution in [1.82, 2.24) is 0 Å². The lowest BCUT2D eigenvalue weighted by molar-refractivity contribution is 0.920. The van der Waals surface area contributed by atoms with Gasteiger partial charge in [-0.05, 0) is 17.5 Å². The average molecular weight is 242 g/mol. The summed E-state index contributed by atoms with van der Waals surface area (Å²) in [6.45, 7) is 6.89. The summed E-state index contributed by atoms with van der Waals surface area (Å²) < 4.78 is 0. The third kappa shape index (κ3) is 3.09. The second-order valence-corrected chi connectivity index (χ2v) is 4.39. The molecule has 0 bridgehead atoms. The van der Waals surface area contributed by atoms with E-state index in [0.717, 1.165) is 17.5 Å². The quantitative estimate of drug-likeness (QED) is 0.539. The van der Waals surface area contributed by atoms with Gasteiger partial charge in [-0.1, -0.05) is 54.6 Å². The van der Waals surface area contributed by atoms with Crippen LogP contribution in [0.2, 0.25) is 0 Å². The molecule has 0 fully saturated rings. The van der Waals surface area contributed by atoms with E-state index in [1.165, 1.54) is 0 Å². The molecule has 2 aromatic carbocycles. The lowest BCUT2D eigenvalue weighted by Gasteiger charge is -2.09. The number of halogens is 1. The van der Waals surface area contributed by atoms with Gasteiger partial charge in [0.15, 0.2) is 5.69 Å². The Morgan fingerprint density at radius 1 is 1.00 bits per heavy atom. The van der Waals surface area contributed by atoms with Crippen LogP contribution < -0.4 is 0 Å². The summed E-state index contributed by atoms with van der Waals surface area (Å²) in [5.74, 6) is 0. The van der Waals surface area contributed by atoms with E-state index >= 15 is 0 Å². The van der Waals surface area contributed by atoms with Crippen LogP contribution in [-0.4, -0.2) is 0 Å². The first-order valence-electron chi connectivity index (χ1n) is 5.45. The minimum Gasteiger partial charge on any atom is -0.238 e.